The van der Waals surface area contributed by atoms with Gasteiger partial charge in [-0.25, -0.2) is 0 Å². The molecule has 0 atom stereocenters. The van der Waals surface area contributed by atoms with Crippen molar-refractivity contribution in [3.05, 3.63) is 33.8 Å². The standard InChI is InChI=1S/C14H20BrN/c1-10-4-5-11(13(15)8-10)9-16-14(2,3)12-6-7-12/h4-5,8,12,16H,6-7,9H2,1-3H3. The van der Waals surface area contributed by atoms with Gasteiger partial charge in [-0.3, -0.25) is 0 Å². The van der Waals surface area contributed by atoms with Gasteiger partial charge in [0.05, 0.1) is 0 Å². The lowest BCUT2D eigenvalue weighted by Gasteiger charge is -2.26. The summed E-state index contributed by atoms with van der Waals surface area (Å²) in [6.07, 6.45) is 2.77. The van der Waals surface area contributed by atoms with E-state index in [9.17, 15) is 0 Å². The zero-order valence-electron chi connectivity index (χ0n) is 10.3. The summed E-state index contributed by atoms with van der Waals surface area (Å²) in [7, 11) is 0. The second-order valence-electron chi connectivity index (χ2n) is 5.44. The molecule has 16 heavy (non-hydrogen) atoms. The van der Waals surface area contributed by atoms with Crippen LogP contribution in [0.4, 0.5) is 0 Å². The Bertz CT molecular complexity index is 380. The minimum Gasteiger partial charge on any atom is -0.307 e. The molecule has 0 aromatic heterocycles. The molecule has 0 unspecified atom stereocenters. The summed E-state index contributed by atoms with van der Waals surface area (Å²) in [4.78, 5) is 0. The summed E-state index contributed by atoms with van der Waals surface area (Å²) < 4.78 is 1.21. The monoisotopic (exact) mass is 281 g/mol. The van der Waals surface area contributed by atoms with Gasteiger partial charge in [0.1, 0.15) is 0 Å². The van der Waals surface area contributed by atoms with Gasteiger partial charge in [-0.15, -0.1) is 0 Å². The third-order valence-corrected chi connectivity index (χ3v) is 4.28. The van der Waals surface area contributed by atoms with E-state index in [-0.39, 0.29) is 5.54 Å². The van der Waals surface area contributed by atoms with E-state index >= 15 is 0 Å². The molecule has 1 aliphatic rings. The third kappa shape index (κ3) is 2.86. The Balaban J connectivity index is 1.98. The lowest BCUT2D eigenvalue weighted by Crippen LogP contribution is -2.40. The van der Waals surface area contributed by atoms with Crippen LogP contribution in [-0.4, -0.2) is 5.54 Å². The molecule has 0 saturated heterocycles. The van der Waals surface area contributed by atoms with Gasteiger partial charge in [0.2, 0.25) is 0 Å². The van der Waals surface area contributed by atoms with Gasteiger partial charge in [-0.1, -0.05) is 28.1 Å². The lowest BCUT2D eigenvalue weighted by atomic mass is 9.98. The molecule has 0 spiro atoms. The van der Waals surface area contributed by atoms with Crippen molar-refractivity contribution >= 4 is 15.9 Å². The summed E-state index contributed by atoms with van der Waals surface area (Å²) >= 11 is 3.63. The van der Waals surface area contributed by atoms with Crippen LogP contribution in [-0.2, 0) is 6.54 Å². The molecule has 2 heteroatoms. The average Bonchev–Trinajstić information content (AvgIpc) is 2.99. The fraction of sp³-hybridized carbons (Fsp3) is 0.571. The van der Waals surface area contributed by atoms with Crippen LogP contribution in [0.5, 0.6) is 0 Å². The Kier molecular flexibility index (Phi) is 3.41. The van der Waals surface area contributed by atoms with Crippen molar-refractivity contribution in [1.82, 2.24) is 5.32 Å². The molecule has 1 saturated carbocycles. The van der Waals surface area contributed by atoms with Crippen LogP contribution in [0.1, 0.15) is 37.8 Å². The van der Waals surface area contributed by atoms with Crippen LogP contribution >= 0.6 is 15.9 Å². The van der Waals surface area contributed by atoms with E-state index < -0.39 is 0 Å². The minimum absolute atomic E-state index is 0.282. The summed E-state index contributed by atoms with van der Waals surface area (Å²) in [5.74, 6) is 0.872. The number of hydrogen-bond acceptors (Lipinski definition) is 1. The summed E-state index contributed by atoms with van der Waals surface area (Å²) in [6.45, 7) is 7.69. The quantitative estimate of drug-likeness (QED) is 0.879. The maximum Gasteiger partial charge on any atom is 0.0222 e. The molecule has 0 bridgehead atoms. The highest BCUT2D eigenvalue weighted by molar-refractivity contribution is 9.10. The molecular weight excluding hydrogens is 262 g/mol. The van der Waals surface area contributed by atoms with Crippen LogP contribution in [0, 0.1) is 12.8 Å². The summed E-state index contributed by atoms with van der Waals surface area (Å²) in [5, 5.41) is 3.67. The first-order valence-electron chi connectivity index (χ1n) is 5.99. The number of aryl methyl sites for hydroxylation is 1. The third-order valence-electron chi connectivity index (χ3n) is 3.54. The fourth-order valence-electron chi connectivity index (χ4n) is 2.07. The first-order valence-corrected chi connectivity index (χ1v) is 6.78. The van der Waals surface area contributed by atoms with E-state index in [1.54, 1.807) is 0 Å². The first-order chi connectivity index (χ1) is 7.49. The van der Waals surface area contributed by atoms with Crippen LogP contribution in [0.3, 0.4) is 0 Å². The van der Waals surface area contributed by atoms with Crippen molar-refractivity contribution in [3.8, 4) is 0 Å². The minimum atomic E-state index is 0.282. The molecule has 0 aliphatic heterocycles. The van der Waals surface area contributed by atoms with E-state index in [1.807, 2.05) is 0 Å². The Morgan fingerprint density at radius 2 is 2.06 bits per heavy atom. The Morgan fingerprint density at radius 3 is 2.62 bits per heavy atom. The maximum absolute atomic E-state index is 3.67. The topological polar surface area (TPSA) is 12.0 Å². The Labute approximate surface area is 107 Å². The molecule has 0 radical (unpaired) electrons. The molecule has 1 fully saturated rings. The highest BCUT2D eigenvalue weighted by Crippen LogP contribution is 2.39. The zero-order chi connectivity index (χ0) is 11.8. The smallest absolute Gasteiger partial charge is 0.0222 e. The van der Waals surface area contributed by atoms with E-state index in [4.69, 9.17) is 0 Å². The van der Waals surface area contributed by atoms with Gasteiger partial charge in [-0.2, -0.15) is 0 Å². The molecular formula is C14H20BrN. The summed E-state index contributed by atoms with van der Waals surface area (Å²) in [6, 6.07) is 6.56. The molecule has 1 N–H and O–H groups in total. The van der Waals surface area contributed by atoms with Gasteiger partial charge in [0, 0.05) is 16.6 Å². The SMILES string of the molecule is Cc1ccc(CNC(C)(C)C2CC2)c(Br)c1. The lowest BCUT2D eigenvalue weighted by molar-refractivity contribution is 0.339. The normalized spacial score (nSPS) is 16.5. The van der Waals surface area contributed by atoms with Gasteiger partial charge in [0.15, 0.2) is 0 Å². The molecule has 1 aliphatic carbocycles. The molecule has 88 valence electrons. The first kappa shape index (κ1) is 12.1. The van der Waals surface area contributed by atoms with E-state index in [1.165, 1.54) is 28.4 Å². The van der Waals surface area contributed by atoms with Gasteiger partial charge >= 0.3 is 0 Å². The molecule has 1 nitrogen and oxygen atoms in total. The highest BCUT2D eigenvalue weighted by atomic mass is 79.9. The summed E-state index contributed by atoms with van der Waals surface area (Å²) in [5.41, 5.74) is 2.93. The molecule has 0 amide bonds. The van der Waals surface area contributed by atoms with E-state index in [0.29, 0.717) is 0 Å². The maximum atomic E-state index is 3.67. The van der Waals surface area contributed by atoms with Crippen LogP contribution in [0.15, 0.2) is 22.7 Å². The molecule has 1 aromatic rings. The zero-order valence-corrected chi connectivity index (χ0v) is 11.9. The van der Waals surface area contributed by atoms with Crippen molar-refractivity contribution in [1.29, 1.82) is 0 Å². The van der Waals surface area contributed by atoms with Crippen molar-refractivity contribution in [3.63, 3.8) is 0 Å². The van der Waals surface area contributed by atoms with Gasteiger partial charge in [-0.05, 0) is 56.7 Å². The number of halogens is 1. The van der Waals surface area contributed by atoms with Crippen molar-refractivity contribution in [2.45, 2.75) is 45.7 Å². The van der Waals surface area contributed by atoms with Crippen molar-refractivity contribution in [2.24, 2.45) is 5.92 Å². The number of benzene rings is 1. The largest absolute Gasteiger partial charge is 0.307 e. The average molecular weight is 282 g/mol. The van der Waals surface area contributed by atoms with Gasteiger partial charge < -0.3 is 5.32 Å². The van der Waals surface area contributed by atoms with Gasteiger partial charge in [0.25, 0.3) is 0 Å². The second-order valence-corrected chi connectivity index (χ2v) is 6.30. The van der Waals surface area contributed by atoms with Crippen LogP contribution < -0.4 is 5.32 Å². The second kappa shape index (κ2) is 4.50. The Hall–Kier alpha value is -0.340. The van der Waals surface area contributed by atoms with E-state index in [0.717, 1.165) is 12.5 Å². The fourth-order valence-corrected chi connectivity index (χ4v) is 2.70. The molecule has 1 aromatic carbocycles. The van der Waals surface area contributed by atoms with Crippen LogP contribution in [0.25, 0.3) is 0 Å². The predicted octanol–water partition coefficient (Wildman–Crippen LogP) is 4.04. The van der Waals surface area contributed by atoms with Crippen LogP contribution in [0.2, 0.25) is 0 Å². The van der Waals surface area contributed by atoms with Crippen molar-refractivity contribution < 1.29 is 0 Å². The molecule has 2 rings (SSSR count). The Morgan fingerprint density at radius 1 is 1.38 bits per heavy atom. The van der Waals surface area contributed by atoms with Crippen molar-refractivity contribution in [2.75, 3.05) is 0 Å². The predicted molar refractivity (Wildman–Crippen MR) is 72.5 cm³/mol. The number of rotatable bonds is 4. The molecule has 0 heterocycles. The highest BCUT2D eigenvalue weighted by Gasteiger charge is 2.37. The van der Waals surface area contributed by atoms with E-state index in [2.05, 4.69) is 60.2 Å². The number of nitrogens with one attached hydrogen (secondary N) is 1. The number of hydrogen-bond donors (Lipinski definition) is 1.